The van der Waals surface area contributed by atoms with Gasteiger partial charge in [-0.05, 0) is 12.1 Å². The van der Waals surface area contributed by atoms with Crippen LogP contribution in [0, 0.1) is 40.5 Å². The molecule has 0 amide bonds. The summed E-state index contributed by atoms with van der Waals surface area (Å²) < 4.78 is 0. The number of anilines is 2. The molecule has 0 bridgehead atoms. The van der Waals surface area contributed by atoms with Gasteiger partial charge in [0.05, 0.1) is 31.8 Å². The normalized spacial score (nSPS) is 14.0. The Kier molecular flexibility index (Phi) is 6.92. The van der Waals surface area contributed by atoms with Crippen LogP contribution in [0.15, 0.2) is 36.4 Å². The van der Waals surface area contributed by atoms with Gasteiger partial charge in [0.1, 0.15) is 11.4 Å². The topological polar surface area (TPSA) is 191 Å². The number of nitrogens with zero attached hydrogens (tertiary/aromatic N) is 6. The minimum Gasteiger partial charge on any atom is -0.378 e. The molecule has 2 aromatic carbocycles. The molecule has 1 heterocycles. The van der Waals surface area contributed by atoms with Crippen molar-refractivity contribution in [2.45, 2.75) is 0 Å². The first-order chi connectivity index (χ1) is 15.7. The van der Waals surface area contributed by atoms with E-state index >= 15 is 0 Å². The highest BCUT2D eigenvalue weighted by Gasteiger charge is 2.26. The zero-order valence-corrected chi connectivity index (χ0v) is 17.2. The van der Waals surface area contributed by atoms with Gasteiger partial charge in [-0.2, -0.15) is 0 Å². The van der Waals surface area contributed by atoms with Gasteiger partial charge in [0.2, 0.25) is 0 Å². The summed E-state index contributed by atoms with van der Waals surface area (Å²) in [5, 5.41) is 47.2. The van der Waals surface area contributed by atoms with Crippen molar-refractivity contribution in [3.8, 4) is 0 Å². The number of nitrogens with one attached hydrogen (secondary N) is 1. The summed E-state index contributed by atoms with van der Waals surface area (Å²) >= 11 is 0. The van der Waals surface area contributed by atoms with Crippen molar-refractivity contribution in [2.75, 3.05) is 49.5 Å². The maximum Gasteiger partial charge on any atom is 0.299 e. The Morgan fingerprint density at radius 2 is 1.27 bits per heavy atom. The number of piperazine rings is 1. The van der Waals surface area contributed by atoms with Crippen molar-refractivity contribution in [2.24, 2.45) is 0 Å². The van der Waals surface area contributed by atoms with Crippen LogP contribution in [-0.2, 0) is 0 Å². The predicted octanol–water partition coefficient (Wildman–Crippen LogP) is 2.55. The van der Waals surface area contributed by atoms with E-state index in [9.17, 15) is 40.5 Å². The molecule has 0 atom stereocenters. The van der Waals surface area contributed by atoms with Crippen LogP contribution in [-0.4, -0.2) is 63.9 Å². The van der Waals surface area contributed by atoms with Crippen molar-refractivity contribution in [3.05, 3.63) is 76.9 Å². The number of hydrogen-bond acceptors (Lipinski definition) is 11. The fourth-order valence-corrected chi connectivity index (χ4v) is 3.53. The van der Waals surface area contributed by atoms with Gasteiger partial charge >= 0.3 is 0 Å². The van der Waals surface area contributed by atoms with Crippen LogP contribution in [0.5, 0.6) is 0 Å². The smallest absolute Gasteiger partial charge is 0.299 e. The molecule has 1 fully saturated rings. The molecular weight excluding hydrogens is 442 g/mol. The Hall–Kier alpha value is -4.40. The number of benzene rings is 2. The monoisotopic (exact) mass is 461 g/mol. The zero-order valence-electron chi connectivity index (χ0n) is 17.2. The number of nitro benzene ring substituents is 4. The molecule has 1 N–H and O–H groups in total. The lowest BCUT2D eigenvalue weighted by Crippen LogP contribution is -2.47. The highest BCUT2D eigenvalue weighted by molar-refractivity contribution is 5.67. The van der Waals surface area contributed by atoms with E-state index in [1.807, 2.05) is 0 Å². The molecule has 1 aliphatic rings. The maximum absolute atomic E-state index is 11.4. The fourth-order valence-electron chi connectivity index (χ4n) is 3.53. The van der Waals surface area contributed by atoms with Crippen molar-refractivity contribution in [1.29, 1.82) is 0 Å². The Morgan fingerprint density at radius 1 is 0.727 bits per heavy atom. The third-order valence-corrected chi connectivity index (χ3v) is 5.21. The van der Waals surface area contributed by atoms with Crippen LogP contribution >= 0.6 is 0 Å². The first-order valence-corrected chi connectivity index (χ1v) is 9.74. The van der Waals surface area contributed by atoms with E-state index in [4.69, 9.17) is 0 Å². The summed E-state index contributed by atoms with van der Waals surface area (Å²) in [7, 11) is 0. The molecule has 1 aliphatic heterocycles. The summed E-state index contributed by atoms with van der Waals surface area (Å²) in [5.41, 5.74) is -0.959. The molecular formula is C18H19N7O8. The third kappa shape index (κ3) is 5.45. The summed E-state index contributed by atoms with van der Waals surface area (Å²) in [6, 6.07) is 6.94. The number of hydrogen-bond donors (Lipinski definition) is 1. The van der Waals surface area contributed by atoms with Gasteiger partial charge in [0.25, 0.3) is 22.7 Å². The van der Waals surface area contributed by atoms with Gasteiger partial charge in [0, 0.05) is 51.4 Å². The van der Waals surface area contributed by atoms with Gasteiger partial charge in [0.15, 0.2) is 0 Å². The van der Waals surface area contributed by atoms with E-state index in [-0.39, 0.29) is 28.4 Å². The van der Waals surface area contributed by atoms with Crippen molar-refractivity contribution in [1.82, 2.24) is 4.90 Å². The zero-order chi connectivity index (χ0) is 24.1. The van der Waals surface area contributed by atoms with Crippen LogP contribution in [0.1, 0.15) is 0 Å². The maximum atomic E-state index is 11.4. The lowest BCUT2D eigenvalue weighted by atomic mass is 10.2. The molecule has 1 saturated heterocycles. The molecule has 0 saturated carbocycles. The summed E-state index contributed by atoms with van der Waals surface area (Å²) in [6.45, 7) is 2.88. The second-order valence-corrected chi connectivity index (χ2v) is 7.16. The fraction of sp³-hybridized carbons (Fsp3) is 0.333. The van der Waals surface area contributed by atoms with E-state index in [1.165, 1.54) is 24.3 Å². The molecule has 0 unspecified atom stereocenters. The van der Waals surface area contributed by atoms with E-state index in [0.29, 0.717) is 45.0 Å². The second kappa shape index (κ2) is 9.82. The SMILES string of the molecule is O=[N+]([O-])c1ccc(NCCN2CCN(c3ccc([N+](=O)[O-])cc3[N+](=O)[O-])CC2)c([N+](=O)[O-])c1. The van der Waals surface area contributed by atoms with Crippen LogP contribution in [0.4, 0.5) is 34.1 Å². The predicted molar refractivity (Wildman–Crippen MR) is 117 cm³/mol. The molecule has 0 spiro atoms. The lowest BCUT2D eigenvalue weighted by molar-refractivity contribution is -0.393. The average Bonchev–Trinajstić information content (AvgIpc) is 2.79. The molecule has 15 heteroatoms. The highest BCUT2D eigenvalue weighted by atomic mass is 16.6. The molecule has 0 radical (unpaired) electrons. The van der Waals surface area contributed by atoms with Crippen molar-refractivity contribution >= 4 is 34.1 Å². The van der Waals surface area contributed by atoms with Gasteiger partial charge in [-0.3, -0.25) is 45.4 Å². The second-order valence-electron chi connectivity index (χ2n) is 7.16. The highest BCUT2D eigenvalue weighted by Crippen LogP contribution is 2.33. The van der Waals surface area contributed by atoms with Gasteiger partial charge in [-0.1, -0.05) is 0 Å². The Balaban J connectivity index is 1.58. The molecule has 0 aliphatic carbocycles. The third-order valence-electron chi connectivity index (χ3n) is 5.21. The number of rotatable bonds is 9. The molecule has 3 rings (SSSR count). The number of nitro groups is 4. The average molecular weight is 461 g/mol. The molecule has 174 valence electrons. The van der Waals surface area contributed by atoms with Crippen LogP contribution < -0.4 is 10.2 Å². The van der Waals surface area contributed by atoms with Gasteiger partial charge in [-0.25, -0.2) is 0 Å². The van der Waals surface area contributed by atoms with Gasteiger partial charge < -0.3 is 10.2 Å². The molecule has 2 aromatic rings. The largest absolute Gasteiger partial charge is 0.378 e. The Bertz CT molecular complexity index is 1100. The summed E-state index contributed by atoms with van der Waals surface area (Å²) in [4.78, 5) is 45.4. The Labute approximate surface area is 185 Å². The van der Waals surface area contributed by atoms with Crippen molar-refractivity contribution < 1.29 is 19.7 Å². The van der Waals surface area contributed by atoms with E-state index in [2.05, 4.69) is 10.2 Å². The Morgan fingerprint density at radius 3 is 1.82 bits per heavy atom. The minimum atomic E-state index is -0.703. The first-order valence-electron chi connectivity index (χ1n) is 9.74. The standard InChI is InChI=1S/C18H19N7O8/c26-22(27)13-1-3-15(17(11-13)24(30)31)19-5-6-20-7-9-21(10-8-20)16-4-2-14(23(28)29)12-18(16)25(32)33/h1-4,11-12,19H,5-10H2. The van der Waals surface area contributed by atoms with Crippen molar-refractivity contribution in [3.63, 3.8) is 0 Å². The molecule has 33 heavy (non-hydrogen) atoms. The van der Waals surface area contributed by atoms with Crippen LogP contribution in [0.25, 0.3) is 0 Å². The van der Waals surface area contributed by atoms with Gasteiger partial charge in [-0.15, -0.1) is 0 Å². The first kappa shape index (κ1) is 23.3. The minimum absolute atomic E-state index is 0.172. The quantitative estimate of drug-likeness (QED) is 0.426. The summed E-state index contributed by atoms with van der Waals surface area (Å²) in [5.74, 6) is 0. The van der Waals surface area contributed by atoms with Crippen LogP contribution in [0.2, 0.25) is 0 Å². The van der Waals surface area contributed by atoms with E-state index in [1.54, 1.807) is 4.90 Å². The van der Waals surface area contributed by atoms with Crippen LogP contribution in [0.3, 0.4) is 0 Å². The van der Waals surface area contributed by atoms with E-state index in [0.717, 1.165) is 12.1 Å². The molecule has 0 aromatic heterocycles. The number of non-ortho nitro benzene ring substituents is 2. The van der Waals surface area contributed by atoms with E-state index < -0.39 is 19.7 Å². The summed E-state index contributed by atoms with van der Waals surface area (Å²) in [6.07, 6.45) is 0. The lowest BCUT2D eigenvalue weighted by Gasteiger charge is -2.35. The molecule has 15 nitrogen and oxygen atoms in total.